The van der Waals surface area contributed by atoms with Crippen molar-refractivity contribution < 1.29 is 10.0 Å². The van der Waals surface area contributed by atoms with E-state index in [1.54, 1.807) is 0 Å². The van der Waals surface area contributed by atoms with Crippen LogP contribution in [0.1, 0.15) is 12.8 Å². The predicted molar refractivity (Wildman–Crippen MR) is 53.5 cm³/mol. The van der Waals surface area contributed by atoms with Crippen molar-refractivity contribution >= 4 is 11.5 Å². The van der Waals surface area contributed by atoms with Crippen molar-refractivity contribution in [2.45, 2.75) is 25.0 Å². The molecule has 1 aromatic heterocycles. The van der Waals surface area contributed by atoms with Crippen molar-refractivity contribution in [3.8, 4) is 0 Å². The molecule has 2 N–H and O–H groups in total. The van der Waals surface area contributed by atoms with Gasteiger partial charge in [0.1, 0.15) is 0 Å². The number of hydrogen-bond acceptors (Lipinski definition) is 5. The number of nitrogens with one attached hydrogen (secondary N) is 1. The summed E-state index contributed by atoms with van der Waals surface area (Å²) in [6.07, 6.45) is 2.46. The van der Waals surface area contributed by atoms with Crippen LogP contribution >= 0.6 is 0 Å². The van der Waals surface area contributed by atoms with Crippen LogP contribution in [0.25, 0.3) is 0 Å². The Hall–Kier alpha value is -1.69. The van der Waals surface area contributed by atoms with Gasteiger partial charge in [0, 0.05) is 18.3 Å². The number of nitro groups is 1. The largest absolute Gasteiger partial charge is 0.393 e. The molecule has 1 aromatic rings. The van der Waals surface area contributed by atoms with E-state index in [1.807, 2.05) is 0 Å². The summed E-state index contributed by atoms with van der Waals surface area (Å²) >= 11 is 0. The fourth-order valence-corrected chi connectivity index (χ4v) is 1.55. The normalized spacial score (nSPS) is 24.3. The number of aliphatic hydroxyl groups excluding tert-OH is 1. The molecule has 2 rings (SSSR count). The molecule has 0 radical (unpaired) electrons. The number of pyridine rings is 1. The number of hydrogen-bond donors (Lipinski definition) is 2. The highest BCUT2D eigenvalue weighted by molar-refractivity contribution is 5.55. The molecule has 0 aliphatic heterocycles. The molecule has 1 aliphatic carbocycles. The predicted octanol–water partition coefficient (Wildman–Crippen LogP) is 0.925. The summed E-state index contributed by atoms with van der Waals surface area (Å²) in [5.74, 6) is 0.277. The maximum absolute atomic E-state index is 10.7. The Kier molecular flexibility index (Phi) is 2.51. The van der Waals surface area contributed by atoms with E-state index >= 15 is 0 Å². The summed E-state index contributed by atoms with van der Waals surface area (Å²) in [4.78, 5) is 14.1. The third-order valence-electron chi connectivity index (χ3n) is 2.44. The Morgan fingerprint density at radius 3 is 2.93 bits per heavy atom. The SMILES string of the molecule is O=[N+]([O-])c1cccnc1NC1CC(O)C1. The maximum atomic E-state index is 10.7. The average Bonchev–Trinajstić information content (AvgIpc) is 2.16. The van der Waals surface area contributed by atoms with Crippen molar-refractivity contribution in [3.63, 3.8) is 0 Å². The molecule has 1 aliphatic rings. The van der Waals surface area contributed by atoms with Crippen molar-refractivity contribution in [2.75, 3.05) is 5.32 Å². The quantitative estimate of drug-likeness (QED) is 0.571. The van der Waals surface area contributed by atoms with E-state index in [9.17, 15) is 10.1 Å². The van der Waals surface area contributed by atoms with Crippen LogP contribution in [0.15, 0.2) is 18.3 Å². The highest BCUT2D eigenvalue weighted by Crippen LogP contribution is 2.27. The molecular weight excluding hydrogens is 198 g/mol. The number of aromatic nitrogens is 1. The van der Waals surface area contributed by atoms with Crippen LogP contribution in [0.4, 0.5) is 11.5 Å². The van der Waals surface area contributed by atoms with E-state index in [2.05, 4.69) is 10.3 Å². The van der Waals surface area contributed by atoms with Crippen LogP contribution in [0.2, 0.25) is 0 Å². The summed E-state index contributed by atoms with van der Waals surface area (Å²) in [5.41, 5.74) is -0.0288. The molecule has 0 aromatic carbocycles. The molecule has 80 valence electrons. The van der Waals surface area contributed by atoms with Gasteiger partial charge in [-0.2, -0.15) is 0 Å². The lowest BCUT2D eigenvalue weighted by Gasteiger charge is -2.32. The zero-order valence-electron chi connectivity index (χ0n) is 7.96. The molecule has 0 unspecified atom stereocenters. The van der Waals surface area contributed by atoms with Gasteiger partial charge in [0.15, 0.2) is 0 Å². The summed E-state index contributed by atoms with van der Waals surface area (Å²) in [7, 11) is 0. The fraction of sp³-hybridized carbons (Fsp3) is 0.444. The zero-order valence-corrected chi connectivity index (χ0v) is 7.96. The van der Waals surface area contributed by atoms with Crippen LogP contribution in [-0.4, -0.2) is 27.2 Å². The highest BCUT2D eigenvalue weighted by Gasteiger charge is 2.29. The molecular formula is C9H11N3O3. The second-order valence-electron chi connectivity index (χ2n) is 3.59. The van der Waals surface area contributed by atoms with Crippen LogP contribution in [0.3, 0.4) is 0 Å². The summed E-state index contributed by atoms with van der Waals surface area (Å²) in [6.45, 7) is 0. The van der Waals surface area contributed by atoms with Gasteiger partial charge in [0.2, 0.25) is 5.82 Å². The third-order valence-corrected chi connectivity index (χ3v) is 2.44. The minimum absolute atomic E-state index is 0.0288. The molecule has 1 saturated carbocycles. The molecule has 6 nitrogen and oxygen atoms in total. The minimum atomic E-state index is -0.468. The van der Waals surface area contributed by atoms with Gasteiger partial charge in [0.25, 0.3) is 0 Å². The Bertz CT molecular complexity index is 377. The van der Waals surface area contributed by atoms with Crippen molar-refractivity contribution in [3.05, 3.63) is 28.4 Å². The van der Waals surface area contributed by atoms with Gasteiger partial charge in [-0.15, -0.1) is 0 Å². The van der Waals surface area contributed by atoms with E-state index in [0.717, 1.165) is 0 Å². The molecule has 0 bridgehead atoms. The number of rotatable bonds is 3. The lowest BCUT2D eigenvalue weighted by molar-refractivity contribution is -0.384. The lowest BCUT2D eigenvalue weighted by atomic mass is 9.89. The van der Waals surface area contributed by atoms with Gasteiger partial charge in [-0.05, 0) is 18.9 Å². The lowest BCUT2D eigenvalue weighted by Crippen LogP contribution is -2.39. The molecule has 1 fully saturated rings. The number of aliphatic hydroxyl groups is 1. The Morgan fingerprint density at radius 2 is 2.33 bits per heavy atom. The Balaban J connectivity index is 2.10. The van der Waals surface area contributed by atoms with Crippen LogP contribution in [0, 0.1) is 10.1 Å². The number of anilines is 1. The first-order valence-corrected chi connectivity index (χ1v) is 4.71. The van der Waals surface area contributed by atoms with E-state index in [4.69, 9.17) is 5.11 Å². The second kappa shape index (κ2) is 3.82. The molecule has 1 heterocycles. The van der Waals surface area contributed by atoms with Gasteiger partial charge >= 0.3 is 5.69 Å². The summed E-state index contributed by atoms with van der Waals surface area (Å²) < 4.78 is 0. The van der Waals surface area contributed by atoms with Crippen LogP contribution in [0.5, 0.6) is 0 Å². The van der Waals surface area contributed by atoms with Crippen LogP contribution in [-0.2, 0) is 0 Å². The molecule has 0 atom stereocenters. The van der Waals surface area contributed by atoms with E-state index in [0.29, 0.717) is 12.8 Å². The second-order valence-corrected chi connectivity index (χ2v) is 3.59. The molecule has 6 heteroatoms. The monoisotopic (exact) mass is 209 g/mol. The van der Waals surface area contributed by atoms with Gasteiger partial charge in [0.05, 0.1) is 11.0 Å². The van der Waals surface area contributed by atoms with Gasteiger partial charge in [-0.1, -0.05) is 0 Å². The van der Waals surface area contributed by atoms with E-state index < -0.39 is 4.92 Å². The molecule has 0 amide bonds. The Morgan fingerprint density at radius 1 is 1.60 bits per heavy atom. The summed E-state index contributed by atoms with van der Waals surface area (Å²) in [6, 6.07) is 3.03. The van der Waals surface area contributed by atoms with Crippen molar-refractivity contribution in [2.24, 2.45) is 0 Å². The minimum Gasteiger partial charge on any atom is -0.393 e. The van der Waals surface area contributed by atoms with Crippen LogP contribution < -0.4 is 5.32 Å². The van der Waals surface area contributed by atoms with Gasteiger partial charge in [-0.3, -0.25) is 10.1 Å². The molecule has 15 heavy (non-hydrogen) atoms. The van der Waals surface area contributed by atoms with Crippen molar-refractivity contribution in [1.82, 2.24) is 4.98 Å². The average molecular weight is 209 g/mol. The molecule has 0 spiro atoms. The highest BCUT2D eigenvalue weighted by atomic mass is 16.6. The van der Waals surface area contributed by atoms with Gasteiger partial charge in [-0.25, -0.2) is 4.98 Å². The first-order chi connectivity index (χ1) is 7.16. The Labute approximate surface area is 86.1 Å². The third kappa shape index (κ3) is 2.04. The standard InChI is InChI=1S/C9H11N3O3/c13-7-4-6(5-7)11-9-8(12(14)15)2-1-3-10-9/h1-3,6-7,13H,4-5H2,(H,10,11). The number of nitrogens with zero attached hydrogens (tertiary/aromatic N) is 2. The smallest absolute Gasteiger partial charge is 0.311 e. The van der Waals surface area contributed by atoms with E-state index in [-0.39, 0.29) is 23.7 Å². The first kappa shape index (κ1) is 9.85. The van der Waals surface area contributed by atoms with Gasteiger partial charge < -0.3 is 10.4 Å². The topological polar surface area (TPSA) is 88.3 Å². The zero-order chi connectivity index (χ0) is 10.8. The maximum Gasteiger partial charge on any atom is 0.311 e. The van der Waals surface area contributed by atoms with E-state index in [1.165, 1.54) is 18.3 Å². The fourth-order valence-electron chi connectivity index (χ4n) is 1.55. The summed E-state index contributed by atoms with van der Waals surface area (Å²) in [5, 5.41) is 22.7. The first-order valence-electron chi connectivity index (χ1n) is 4.71. The molecule has 0 saturated heterocycles. The van der Waals surface area contributed by atoms with Crippen molar-refractivity contribution in [1.29, 1.82) is 0 Å².